The van der Waals surface area contributed by atoms with Crippen molar-refractivity contribution in [2.45, 2.75) is 30.6 Å². The standard InChI is InChI=1S/C29H27FN6O3S2/c30-22-3-5-23(6-4-22)36-26-13-21-7-11-35(41(38,39)25-14-24(17-31-18-25)34-9-1-2-10-34)19-29(21,15-20(26)16-33-36)27(37)28-32-8-12-40-28/h3-6,8,12-14,16-18H,1-2,7,9-11,15,19H2. The number of anilines is 1. The van der Waals surface area contributed by atoms with E-state index in [1.165, 1.54) is 34.0 Å². The number of carbonyl (C=O) groups is 1. The zero-order valence-corrected chi connectivity index (χ0v) is 23.7. The molecule has 0 saturated carbocycles. The van der Waals surface area contributed by atoms with Gasteiger partial charge >= 0.3 is 0 Å². The fourth-order valence-corrected chi connectivity index (χ4v) is 8.35. The summed E-state index contributed by atoms with van der Waals surface area (Å²) in [7, 11) is -3.93. The molecule has 1 aromatic carbocycles. The Morgan fingerprint density at radius 2 is 1.83 bits per heavy atom. The number of hydrogen-bond donors (Lipinski definition) is 0. The highest BCUT2D eigenvalue weighted by atomic mass is 32.2. The largest absolute Gasteiger partial charge is 0.370 e. The monoisotopic (exact) mass is 590 g/mol. The molecule has 4 aromatic rings. The lowest BCUT2D eigenvalue weighted by atomic mass is 9.66. The minimum absolute atomic E-state index is 0.00527. The molecular formula is C29H27FN6O3S2. The fraction of sp³-hybridized carbons (Fsp3) is 0.310. The van der Waals surface area contributed by atoms with E-state index in [0.29, 0.717) is 17.1 Å². The van der Waals surface area contributed by atoms with Gasteiger partial charge in [0.25, 0.3) is 0 Å². The summed E-state index contributed by atoms with van der Waals surface area (Å²) in [5.74, 6) is -0.529. The first-order valence-corrected chi connectivity index (χ1v) is 15.9. The summed E-state index contributed by atoms with van der Waals surface area (Å²) in [6, 6.07) is 7.77. The van der Waals surface area contributed by atoms with Crippen molar-refractivity contribution in [2.24, 2.45) is 5.41 Å². The first kappa shape index (κ1) is 26.2. The van der Waals surface area contributed by atoms with Gasteiger partial charge in [-0.15, -0.1) is 11.3 Å². The molecular weight excluding hydrogens is 563 g/mol. The van der Waals surface area contributed by atoms with Crippen molar-refractivity contribution in [3.63, 3.8) is 0 Å². The number of aromatic nitrogens is 4. The molecule has 5 heterocycles. The van der Waals surface area contributed by atoms with E-state index in [0.717, 1.165) is 48.4 Å². The van der Waals surface area contributed by atoms with Crippen LogP contribution in [0.4, 0.5) is 10.1 Å². The molecule has 2 fully saturated rings. The highest BCUT2D eigenvalue weighted by molar-refractivity contribution is 7.89. The van der Waals surface area contributed by atoms with Crippen LogP contribution in [0, 0.1) is 11.2 Å². The number of thiazole rings is 1. The molecule has 1 aliphatic carbocycles. The molecule has 0 bridgehead atoms. The second-order valence-corrected chi connectivity index (χ2v) is 13.5. The first-order valence-electron chi connectivity index (χ1n) is 13.5. The van der Waals surface area contributed by atoms with Gasteiger partial charge in [0.2, 0.25) is 15.8 Å². The Kier molecular flexibility index (Phi) is 6.36. The smallest absolute Gasteiger partial charge is 0.244 e. The molecule has 1 atom stereocenters. The summed E-state index contributed by atoms with van der Waals surface area (Å²) in [5, 5.41) is 6.65. The molecule has 0 N–H and O–H groups in total. The van der Waals surface area contributed by atoms with E-state index < -0.39 is 15.4 Å². The highest BCUT2D eigenvalue weighted by Gasteiger charge is 2.51. The number of nitrogens with zero attached hydrogens (tertiary/aromatic N) is 6. The Labute approximate surface area is 241 Å². The van der Waals surface area contributed by atoms with Crippen LogP contribution in [-0.4, -0.2) is 64.4 Å². The predicted molar refractivity (Wildman–Crippen MR) is 153 cm³/mol. The lowest BCUT2D eigenvalue weighted by molar-refractivity contribution is 0.0775. The van der Waals surface area contributed by atoms with Gasteiger partial charge in [0.1, 0.15) is 10.7 Å². The molecule has 7 rings (SSSR count). The third-order valence-corrected chi connectivity index (χ3v) is 10.9. The van der Waals surface area contributed by atoms with E-state index in [1.807, 2.05) is 6.08 Å². The Bertz CT molecular complexity index is 1760. The van der Waals surface area contributed by atoms with Gasteiger partial charge in [-0.05, 0) is 67.7 Å². The van der Waals surface area contributed by atoms with Gasteiger partial charge < -0.3 is 4.90 Å². The summed E-state index contributed by atoms with van der Waals surface area (Å²) < 4.78 is 44.8. The third-order valence-electron chi connectivity index (χ3n) is 8.32. The normalized spacial score (nSPS) is 20.9. The van der Waals surface area contributed by atoms with Crippen molar-refractivity contribution in [1.29, 1.82) is 0 Å². The van der Waals surface area contributed by atoms with Crippen molar-refractivity contribution in [2.75, 3.05) is 31.1 Å². The van der Waals surface area contributed by atoms with Crippen LogP contribution in [0.5, 0.6) is 0 Å². The third kappa shape index (κ3) is 4.41. The number of sulfonamides is 1. The van der Waals surface area contributed by atoms with Crippen molar-refractivity contribution in [1.82, 2.24) is 24.1 Å². The Morgan fingerprint density at radius 3 is 2.59 bits per heavy atom. The number of benzene rings is 1. The zero-order chi connectivity index (χ0) is 28.2. The molecule has 210 valence electrons. The average Bonchev–Trinajstić information content (AvgIpc) is 3.78. The summed E-state index contributed by atoms with van der Waals surface area (Å²) in [6.45, 7) is 1.98. The van der Waals surface area contributed by atoms with Gasteiger partial charge in [-0.1, -0.05) is 5.57 Å². The van der Waals surface area contributed by atoms with E-state index in [9.17, 15) is 17.6 Å². The van der Waals surface area contributed by atoms with Crippen LogP contribution in [0.3, 0.4) is 0 Å². The van der Waals surface area contributed by atoms with E-state index in [4.69, 9.17) is 0 Å². The molecule has 0 spiro atoms. The summed E-state index contributed by atoms with van der Waals surface area (Å²) in [5.41, 5.74) is 2.86. The maximum Gasteiger partial charge on any atom is 0.244 e. The predicted octanol–water partition coefficient (Wildman–Crippen LogP) is 4.37. The highest BCUT2D eigenvalue weighted by Crippen LogP contribution is 2.47. The van der Waals surface area contributed by atoms with E-state index in [1.54, 1.807) is 46.9 Å². The number of ketones is 1. The fourth-order valence-electron chi connectivity index (χ4n) is 6.19. The topological polar surface area (TPSA) is 101 Å². The van der Waals surface area contributed by atoms with Gasteiger partial charge in [-0.2, -0.15) is 9.40 Å². The van der Waals surface area contributed by atoms with Crippen molar-refractivity contribution < 1.29 is 17.6 Å². The lowest BCUT2D eigenvalue weighted by Gasteiger charge is -2.44. The number of piperidine rings is 1. The number of halogens is 1. The van der Waals surface area contributed by atoms with Gasteiger partial charge in [0.05, 0.1) is 34.9 Å². The van der Waals surface area contributed by atoms with Crippen LogP contribution >= 0.6 is 11.3 Å². The van der Waals surface area contributed by atoms with Crippen LogP contribution in [-0.2, 0) is 16.4 Å². The minimum Gasteiger partial charge on any atom is -0.370 e. The van der Waals surface area contributed by atoms with E-state index in [2.05, 4.69) is 20.0 Å². The minimum atomic E-state index is -3.93. The lowest BCUT2D eigenvalue weighted by Crippen LogP contribution is -2.53. The molecule has 0 radical (unpaired) electrons. The number of rotatable bonds is 6. The Morgan fingerprint density at radius 1 is 1.02 bits per heavy atom. The molecule has 0 amide bonds. The molecule has 3 aliphatic rings. The van der Waals surface area contributed by atoms with Gasteiger partial charge in [0, 0.05) is 44.0 Å². The van der Waals surface area contributed by atoms with Crippen LogP contribution in [0.25, 0.3) is 11.8 Å². The molecule has 2 aliphatic heterocycles. The maximum absolute atomic E-state index is 14.2. The van der Waals surface area contributed by atoms with Crippen LogP contribution in [0.15, 0.2) is 71.0 Å². The van der Waals surface area contributed by atoms with Crippen LogP contribution in [0.2, 0.25) is 0 Å². The second-order valence-electron chi connectivity index (χ2n) is 10.7. The first-order chi connectivity index (χ1) is 19.8. The number of pyridine rings is 1. The van der Waals surface area contributed by atoms with Crippen molar-refractivity contribution >= 4 is 38.9 Å². The number of carbonyl (C=O) groups excluding carboxylic acids is 1. The van der Waals surface area contributed by atoms with E-state index >= 15 is 0 Å². The summed E-state index contributed by atoms with van der Waals surface area (Å²) >= 11 is 1.25. The molecule has 9 nitrogen and oxygen atoms in total. The van der Waals surface area contributed by atoms with Crippen molar-refractivity contribution in [3.05, 3.63) is 88.2 Å². The number of Topliss-reactive ketones (excluding diaryl/α,β-unsaturated/α-hetero) is 1. The molecule has 3 aromatic heterocycles. The Balaban J connectivity index is 1.28. The number of fused-ring (bicyclic) bond motifs is 2. The second kappa shape index (κ2) is 9.97. The Hall–Kier alpha value is -3.74. The summed E-state index contributed by atoms with van der Waals surface area (Å²) in [4.78, 5) is 25.0. The molecule has 2 saturated heterocycles. The summed E-state index contributed by atoms with van der Waals surface area (Å²) in [6.07, 6.45) is 11.2. The van der Waals surface area contributed by atoms with Crippen LogP contribution in [0.1, 0.15) is 40.3 Å². The molecule has 41 heavy (non-hydrogen) atoms. The zero-order valence-electron chi connectivity index (χ0n) is 22.1. The van der Waals surface area contributed by atoms with Gasteiger partial charge in [0.15, 0.2) is 5.01 Å². The average molecular weight is 591 g/mol. The molecule has 1 unspecified atom stereocenters. The maximum atomic E-state index is 14.2. The van der Waals surface area contributed by atoms with Gasteiger partial charge in [-0.3, -0.25) is 9.78 Å². The van der Waals surface area contributed by atoms with Gasteiger partial charge in [-0.25, -0.2) is 22.5 Å². The van der Waals surface area contributed by atoms with Crippen molar-refractivity contribution in [3.8, 4) is 5.69 Å². The van der Waals surface area contributed by atoms with Crippen LogP contribution < -0.4 is 4.90 Å². The molecule has 12 heteroatoms. The number of hydrogen-bond acceptors (Lipinski definition) is 8. The SMILES string of the molecule is O=C(c1nccs1)C12Cc3cnn(-c4ccc(F)cc4)c3C=C1CCN(S(=O)(=O)c1cncc(N3CCCC3)c1)C2. The van der Waals surface area contributed by atoms with E-state index in [-0.39, 0.29) is 36.0 Å². The quantitative estimate of drug-likeness (QED) is 0.308.